The van der Waals surface area contributed by atoms with Crippen LogP contribution in [-0.4, -0.2) is 55.0 Å². The van der Waals surface area contributed by atoms with Crippen molar-refractivity contribution in [3.8, 4) is 0 Å². The van der Waals surface area contributed by atoms with Gasteiger partial charge in [0.05, 0.1) is 7.11 Å². The number of carbonyl (C=O) groups excluding carboxylic acids is 2. The van der Waals surface area contributed by atoms with E-state index in [1.165, 1.54) is 23.9 Å². The largest absolute Gasteiger partial charge is 0.464 e. The molecule has 2 heterocycles. The number of aromatic nitrogens is 1. The topological polar surface area (TPSA) is 62.7 Å². The molecular weight excluding hydrogens is 330 g/mol. The van der Waals surface area contributed by atoms with Gasteiger partial charge in [-0.2, -0.15) is 0 Å². The van der Waals surface area contributed by atoms with E-state index in [1.807, 2.05) is 0 Å². The third kappa shape index (κ3) is 3.69. The zero-order valence-electron chi connectivity index (χ0n) is 15.4. The van der Waals surface area contributed by atoms with Crippen molar-refractivity contribution in [1.29, 1.82) is 0 Å². The Morgan fingerprint density at radius 2 is 1.69 bits per heavy atom. The second-order valence-corrected chi connectivity index (χ2v) is 6.47. The summed E-state index contributed by atoms with van der Waals surface area (Å²) in [5.74, 6) is -0.698. The lowest BCUT2D eigenvalue weighted by molar-refractivity contribution is 0.0593. The van der Waals surface area contributed by atoms with Crippen LogP contribution < -0.4 is 4.90 Å². The van der Waals surface area contributed by atoms with Crippen LogP contribution in [-0.2, 0) is 4.74 Å². The van der Waals surface area contributed by atoms with E-state index in [-0.39, 0.29) is 17.3 Å². The Kier molecular flexibility index (Phi) is 5.21. The first-order valence-electron chi connectivity index (χ1n) is 8.66. The quantitative estimate of drug-likeness (QED) is 0.793. The molecule has 6 nitrogen and oxygen atoms in total. The summed E-state index contributed by atoms with van der Waals surface area (Å²) in [6.45, 7) is 6.98. The van der Waals surface area contributed by atoms with Gasteiger partial charge in [0.2, 0.25) is 0 Å². The van der Waals surface area contributed by atoms with Crippen LogP contribution in [0.2, 0.25) is 0 Å². The minimum atomic E-state index is -0.542. The molecule has 0 saturated carbocycles. The van der Waals surface area contributed by atoms with Gasteiger partial charge < -0.3 is 14.5 Å². The number of nitrogens with zero attached hydrogens (tertiary/aromatic N) is 3. The van der Waals surface area contributed by atoms with Crippen molar-refractivity contribution in [3.05, 3.63) is 58.9 Å². The Hall–Kier alpha value is -2.89. The van der Waals surface area contributed by atoms with Gasteiger partial charge in [-0.15, -0.1) is 0 Å². The van der Waals surface area contributed by atoms with Gasteiger partial charge in [-0.3, -0.25) is 4.79 Å². The SMILES string of the molecule is COC(=O)c1cccc(C(=O)N2CCN(c3cc(C)ccc3C)CC2)n1. The molecule has 0 bridgehead atoms. The molecule has 136 valence electrons. The summed E-state index contributed by atoms with van der Waals surface area (Å²) in [6.07, 6.45) is 0. The van der Waals surface area contributed by atoms with E-state index in [0.717, 1.165) is 13.1 Å². The zero-order valence-corrected chi connectivity index (χ0v) is 15.4. The van der Waals surface area contributed by atoms with Crippen LogP contribution in [0, 0.1) is 13.8 Å². The second-order valence-electron chi connectivity index (χ2n) is 6.47. The number of rotatable bonds is 3. The monoisotopic (exact) mass is 353 g/mol. The fraction of sp³-hybridized carbons (Fsp3) is 0.350. The van der Waals surface area contributed by atoms with E-state index in [0.29, 0.717) is 13.1 Å². The van der Waals surface area contributed by atoms with Crippen LogP contribution in [0.3, 0.4) is 0 Å². The lowest BCUT2D eigenvalue weighted by Gasteiger charge is -2.36. The summed E-state index contributed by atoms with van der Waals surface area (Å²) < 4.78 is 4.67. The summed E-state index contributed by atoms with van der Waals surface area (Å²) in [4.78, 5) is 32.6. The van der Waals surface area contributed by atoms with E-state index >= 15 is 0 Å². The van der Waals surface area contributed by atoms with Crippen molar-refractivity contribution in [1.82, 2.24) is 9.88 Å². The van der Waals surface area contributed by atoms with Crippen molar-refractivity contribution in [3.63, 3.8) is 0 Å². The normalized spacial score (nSPS) is 14.3. The fourth-order valence-corrected chi connectivity index (χ4v) is 3.14. The number of pyridine rings is 1. The van der Waals surface area contributed by atoms with Crippen molar-refractivity contribution in [2.24, 2.45) is 0 Å². The van der Waals surface area contributed by atoms with Gasteiger partial charge in [0.15, 0.2) is 0 Å². The summed E-state index contributed by atoms with van der Waals surface area (Å²) >= 11 is 0. The van der Waals surface area contributed by atoms with Crippen molar-refractivity contribution >= 4 is 17.6 Å². The van der Waals surface area contributed by atoms with Gasteiger partial charge in [-0.1, -0.05) is 18.2 Å². The zero-order chi connectivity index (χ0) is 18.7. The molecule has 0 N–H and O–H groups in total. The molecule has 0 aliphatic carbocycles. The van der Waals surface area contributed by atoms with Crippen LogP contribution in [0.4, 0.5) is 5.69 Å². The molecule has 1 aromatic heterocycles. The molecular formula is C20H23N3O3. The predicted octanol–water partition coefficient (Wildman–Crippen LogP) is 2.45. The number of hydrogen-bond acceptors (Lipinski definition) is 5. The molecule has 0 radical (unpaired) electrons. The number of esters is 1. The Morgan fingerprint density at radius 3 is 2.38 bits per heavy atom. The molecule has 26 heavy (non-hydrogen) atoms. The van der Waals surface area contributed by atoms with Crippen molar-refractivity contribution in [2.45, 2.75) is 13.8 Å². The standard InChI is InChI=1S/C20H23N3O3/c1-14-7-8-15(2)18(13-14)22-9-11-23(12-10-22)19(24)16-5-4-6-17(21-16)20(25)26-3/h4-8,13H,9-12H2,1-3H3. The first kappa shape index (κ1) is 17.9. The molecule has 0 unspecified atom stereocenters. The highest BCUT2D eigenvalue weighted by molar-refractivity contribution is 5.94. The minimum absolute atomic E-state index is 0.146. The first-order valence-corrected chi connectivity index (χ1v) is 8.66. The van der Waals surface area contributed by atoms with Gasteiger partial charge in [-0.25, -0.2) is 9.78 Å². The second kappa shape index (κ2) is 7.56. The Morgan fingerprint density at radius 1 is 1.00 bits per heavy atom. The lowest BCUT2D eigenvalue weighted by Crippen LogP contribution is -2.49. The van der Waals surface area contributed by atoms with E-state index in [1.54, 1.807) is 23.1 Å². The van der Waals surface area contributed by atoms with Crippen LogP contribution >= 0.6 is 0 Å². The maximum atomic E-state index is 12.7. The van der Waals surface area contributed by atoms with Gasteiger partial charge in [0.25, 0.3) is 5.91 Å². The number of amides is 1. The van der Waals surface area contributed by atoms with Gasteiger partial charge in [-0.05, 0) is 43.2 Å². The minimum Gasteiger partial charge on any atom is -0.464 e. The van der Waals surface area contributed by atoms with Gasteiger partial charge >= 0.3 is 5.97 Å². The summed E-state index contributed by atoms with van der Waals surface area (Å²) in [5.41, 5.74) is 4.11. The summed E-state index contributed by atoms with van der Waals surface area (Å²) in [5, 5.41) is 0. The molecule has 1 aliphatic heterocycles. The average molecular weight is 353 g/mol. The average Bonchev–Trinajstić information content (AvgIpc) is 2.69. The third-order valence-electron chi connectivity index (χ3n) is 4.63. The number of methoxy groups -OCH3 is 1. The molecule has 2 aromatic rings. The van der Waals surface area contributed by atoms with Gasteiger partial charge in [0.1, 0.15) is 11.4 Å². The van der Waals surface area contributed by atoms with Gasteiger partial charge in [0, 0.05) is 31.9 Å². The highest BCUT2D eigenvalue weighted by atomic mass is 16.5. The van der Waals surface area contributed by atoms with Crippen LogP contribution in [0.5, 0.6) is 0 Å². The molecule has 1 aromatic carbocycles. The highest BCUT2D eigenvalue weighted by Crippen LogP contribution is 2.23. The van der Waals surface area contributed by atoms with E-state index < -0.39 is 5.97 Å². The Labute approximate surface area is 153 Å². The number of anilines is 1. The van der Waals surface area contributed by atoms with Crippen LogP contribution in [0.25, 0.3) is 0 Å². The number of piperazine rings is 1. The number of benzene rings is 1. The number of carbonyl (C=O) groups is 2. The number of aryl methyl sites for hydroxylation is 2. The first-order chi connectivity index (χ1) is 12.5. The molecule has 0 atom stereocenters. The highest BCUT2D eigenvalue weighted by Gasteiger charge is 2.24. The summed E-state index contributed by atoms with van der Waals surface area (Å²) in [7, 11) is 1.30. The summed E-state index contributed by atoms with van der Waals surface area (Å²) in [6, 6.07) is 11.3. The predicted molar refractivity (Wildman–Crippen MR) is 99.6 cm³/mol. The molecule has 1 saturated heterocycles. The van der Waals surface area contributed by atoms with E-state index in [9.17, 15) is 9.59 Å². The molecule has 6 heteroatoms. The maximum absolute atomic E-state index is 12.7. The van der Waals surface area contributed by atoms with E-state index in [2.05, 4.69) is 46.7 Å². The number of hydrogen-bond donors (Lipinski definition) is 0. The smallest absolute Gasteiger partial charge is 0.356 e. The van der Waals surface area contributed by atoms with E-state index in [4.69, 9.17) is 0 Å². The Balaban J connectivity index is 1.69. The number of ether oxygens (including phenoxy) is 1. The van der Waals surface area contributed by atoms with Crippen molar-refractivity contribution < 1.29 is 14.3 Å². The lowest BCUT2D eigenvalue weighted by atomic mass is 10.1. The molecule has 1 fully saturated rings. The third-order valence-corrected chi connectivity index (χ3v) is 4.63. The molecule has 3 rings (SSSR count). The molecule has 0 spiro atoms. The molecule has 1 aliphatic rings. The van der Waals surface area contributed by atoms with Crippen LogP contribution in [0.15, 0.2) is 36.4 Å². The molecule has 1 amide bonds. The Bertz CT molecular complexity index is 827. The van der Waals surface area contributed by atoms with Crippen molar-refractivity contribution in [2.75, 3.05) is 38.2 Å². The van der Waals surface area contributed by atoms with Crippen LogP contribution in [0.1, 0.15) is 32.1 Å². The maximum Gasteiger partial charge on any atom is 0.356 e. The fourth-order valence-electron chi connectivity index (χ4n) is 3.14.